The van der Waals surface area contributed by atoms with Crippen molar-refractivity contribution in [3.8, 4) is 0 Å². The Balaban J connectivity index is 1.34. The second-order valence-corrected chi connectivity index (χ2v) is 7.60. The van der Waals surface area contributed by atoms with Crippen molar-refractivity contribution in [3.05, 3.63) is 24.3 Å². The Morgan fingerprint density at radius 3 is 2.91 bits per heavy atom. The number of thioether (sulfide) groups is 1. The predicted molar refractivity (Wildman–Crippen MR) is 91.4 cm³/mol. The van der Waals surface area contributed by atoms with Gasteiger partial charge in [0.25, 0.3) is 5.22 Å². The van der Waals surface area contributed by atoms with Gasteiger partial charge in [-0.2, -0.15) is 0 Å². The highest BCUT2D eigenvalue weighted by Gasteiger charge is 2.32. The lowest BCUT2D eigenvalue weighted by atomic mass is 9.75. The van der Waals surface area contributed by atoms with Gasteiger partial charge in [-0.1, -0.05) is 43.2 Å². The third-order valence-electron chi connectivity index (χ3n) is 5.24. The summed E-state index contributed by atoms with van der Waals surface area (Å²) in [4.78, 5) is 19.0. The Kier molecular flexibility index (Phi) is 4.29. The summed E-state index contributed by atoms with van der Waals surface area (Å²) in [6.07, 6.45) is 6.56. The second kappa shape index (κ2) is 6.56. The first kappa shape index (κ1) is 15.1. The quantitative estimate of drug-likeness (QED) is 0.799. The van der Waals surface area contributed by atoms with Crippen LogP contribution in [0.3, 0.4) is 0 Å². The van der Waals surface area contributed by atoms with Crippen molar-refractivity contribution in [2.75, 3.05) is 18.8 Å². The van der Waals surface area contributed by atoms with Crippen LogP contribution in [-0.2, 0) is 4.79 Å². The summed E-state index contributed by atoms with van der Waals surface area (Å²) in [5.41, 5.74) is 1.64. The van der Waals surface area contributed by atoms with Gasteiger partial charge in [0.05, 0.1) is 5.75 Å². The first-order valence-corrected chi connectivity index (χ1v) is 9.54. The molecule has 1 saturated heterocycles. The van der Waals surface area contributed by atoms with Crippen molar-refractivity contribution in [1.82, 2.24) is 9.88 Å². The molecule has 2 heterocycles. The van der Waals surface area contributed by atoms with Crippen LogP contribution < -0.4 is 0 Å². The Morgan fingerprint density at radius 1 is 1.22 bits per heavy atom. The fourth-order valence-corrected chi connectivity index (χ4v) is 4.70. The van der Waals surface area contributed by atoms with E-state index in [0.29, 0.717) is 11.0 Å². The molecule has 1 aromatic heterocycles. The van der Waals surface area contributed by atoms with E-state index >= 15 is 0 Å². The highest BCUT2D eigenvalue weighted by molar-refractivity contribution is 7.99. The number of rotatable bonds is 3. The van der Waals surface area contributed by atoms with Gasteiger partial charge in [-0.3, -0.25) is 4.79 Å². The van der Waals surface area contributed by atoms with Crippen LogP contribution in [0.25, 0.3) is 11.1 Å². The van der Waals surface area contributed by atoms with Crippen molar-refractivity contribution in [2.24, 2.45) is 11.8 Å². The van der Waals surface area contributed by atoms with E-state index in [1.165, 1.54) is 43.9 Å². The molecule has 0 unspecified atom stereocenters. The maximum Gasteiger partial charge on any atom is 0.257 e. The van der Waals surface area contributed by atoms with E-state index in [2.05, 4.69) is 9.88 Å². The molecule has 4 rings (SSSR count). The molecule has 5 heteroatoms. The van der Waals surface area contributed by atoms with E-state index in [-0.39, 0.29) is 5.91 Å². The van der Waals surface area contributed by atoms with Crippen molar-refractivity contribution in [2.45, 2.75) is 37.3 Å². The summed E-state index contributed by atoms with van der Waals surface area (Å²) < 4.78 is 5.67. The molecule has 1 aliphatic heterocycles. The number of carbonyl (C=O) groups is 1. The Bertz CT molecular complexity index is 666. The topological polar surface area (TPSA) is 46.3 Å². The fourth-order valence-electron chi connectivity index (χ4n) is 3.95. The van der Waals surface area contributed by atoms with Gasteiger partial charge in [0.2, 0.25) is 5.91 Å². The smallest absolute Gasteiger partial charge is 0.257 e. The van der Waals surface area contributed by atoms with E-state index < -0.39 is 0 Å². The minimum Gasteiger partial charge on any atom is -0.431 e. The number of hydrogen-bond acceptors (Lipinski definition) is 4. The molecule has 0 spiro atoms. The number of benzene rings is 1. The molecule has 2 aromatic rings. The largest absolute Gasteiger partial charge is 0.431 e. The molecule has 1 saturated carbocycles. The molecule has 1 aromatic carbocycles. The average molecular weight is 330 g/mol. The Labute approximate surface area is 140 Å². The number of carbonyl (C=O) groups excluding carboxylic acids is 1. The van der Waals surface area contributed by atoms with Crippen LogP contribution in [0.4, 0.5) is 0 Å². The monoisotopic (exact) mass is 330 g/mol. The molecule has 0 radical (unpaired) electrons. The third-order valence-corrected chi connectivity index (χ3v) is 6.05. The number of fused-ring (bicyclic) bond motifs is 2. The molecule has 0 bridgehead atoms. The number of para-hydroxylation sites is 2. The van der Waals surface area contributed by atoms with E-state index in [1.54, 1.807) is 0 Å². The fraction of sp³-hybridized carbons (Fsp3) is 0.556. The van der Waals surface area contributed by atoms with Crippen LogP contribution in [0.5, 0.6) is 0 Å². The van der Waals surface area contributed by atoms with Gasteiger partial charge in [-0.15, -0.1) is 0 Å². The predicted octanol–water partition coefficient (Wildman–Crippen LogP) is 3.96. The van der Waals surface area contributed by atoms with Crippen LogP contribution in [0, 0.1) is 11.8 Å². The van der Waals surface area contributed by atoms with Gasteiger partial charge in [0.15, 0.2) is 5.58 Å². The molecule has 2 aliphatic rings. The molecule has 0 N–H and O–H groups in total. The molecular formula is C18H22N2O2S. The zero-order valence-corrected chi connectivity index (χ0v) is 14.1. The van der Waals surface area contributed by atoms with Gasteiger partial charge >= 0.3 is 0 Å². The normalized spacial score (nSPS) is 24.6. The molecule has 1 amide bonds. The van der Waals surface area contributed by atoms with Gasteiger partial charge in [0.1, 0.15) is 5.52 Å². The first-order chi connectivity index (χ1) is 11.3. The zero-order chi connectivity index (χ0) is 15.6. The molecule has 122 valence electrons. The SMILES string of the molecule is O=C(CSc1nc2ccccc2o1)N1CC[C@@H]2CCCC[C@H]2C1. The number of aromatic nitrogens is 1. The maximum absolute atomic E-state index is 12.5. The summed E-state index contributed by atoms with van der Waals surface area (Å²) in [7, 11) is 0. The van der Waals surface area contributed by atoms with Gasteiger partial charge < -0.3 is 9.32 Å². The van der Waals surface area contributed by atoms with Crippen LogP contribution >= 0.6 is 11.8 Å². The zero-order valence-electron chi connectivity index (χ0n) is 13.2. The summed E-state index contributed by atoms with van der Waals surface area (Å²) in [5.74, 6) is 2.24. The summed E-state index contributed by atoms with van der Waals surface area (Å²) in [6, 6.07) is 7.71. The maximum atomic E-state index is 12.5. The summed E-state index contributed by atoms with van der Waals surface area (Å²) >= 11 is 1.41. The van der Waals surface area contributed by atoms with Crippen molar-refractivity contribution in [1.29, 1.82) is 0 Å². The summed E-state index contributed by atoms with van der Waals surface area (Å²) in [5, 5.41) is 0.590. The van der Waals surface area contributed by atoms with E-state index in [0.717, 1.165) is 36.0 Å². The van der Waals surface area contributed by atoms with Gasteiger partial charge in [-0.25, -0.2) is 4.98 Å². The van der Waals surface area contributed by atoms with E-state index in [9.17, 15) is 4.79 Å². The van der Waals surface area contributed by atoms with Crippen LogP contribution in [0.1, 0.15) is 32.1 Å². The number of hydrogen-bond donors (Lipinski definition) is 0. The van der Waals surface area contributed by atoms with Crippen molar-refractivity contribution < 1.29 is 9.21 Å². The number of amides is 1. The van der Waals surface area contributed by atoms with Gasteiger partial charge in [0, 0.05) is 13.1 Å². The number of nitrogens with zero attached hydrogens (tertiary/aromatic N) is 2. The molecule has 2 atom stereocenters. The minimum absolute atomic E-state index is 0.223. The Morgan fingerprint density at radius 2 is 2.04 bits per heavy atom. The standard InChI is InChI=1S/C18H22N2O2S/c21-17(20-10-9-13-5-1-2-6-14(13)11-20)12-23-18-19-15-7-3-4-8-16(15)22-18/h3-4,7-8,13-14H,1-2,5-6,9-12H2/t13-,14-/m0/s1. The lowest BCUT2D eigenvalue weighted by Crippen LogP contribution is -2.45. The van der Waals surface area contributed by atoms with Crippen LogP contribution in [0.15, 0.2) is 33.9 Å². The van der Waals surface area contributed by atoms with Crippen molar-refractivity contribution in [3.63, 3.8) is 0 Å². The van der Waals surface area contributed by atoms with Crippen LogP contribution in [-0.4, -0.2) is 34.6 Å². The molecular weight excluding hydrogens is 308 g/mol. The van der Waals surface area contributed by atoms with Crippen LogP contribution in [0.2, 0.25) is 0 Å². The van der Waals surface area contributed by atoms with E-state index in [4.69, 9.17) is 4.42 Å². The number of likely N-dealkylation sites (tertiary alicyclic amines) is 1. The average Bonchev–Trinajstić information content (AvgIpc) is 3.02. The van der Waals surface area contributed by atoms with Crippen molar-refractivity contribution >= 4 is 28.8 Å². The lowest BCUT2D eigenvalue weighted by molar-refractivity contribution is -0.131. The van der Waals surface area contributed by atoms with Gasteiger partial charge in [-0.05, 0) is 36.8 Å². The molecule has 4 nitrogen and oxygen atoms in total. The molecule has 1 aliphatic carbocycles. The highest BCUT2D eigenvalue weighted by atomic mass is 32.2. The third kappa shape index (κ3) is 3.25. The number of piperidine rings is 1. The molecule has 23 heavy (non-hydrogen) atoms. The molecule has 2 fully saturated rings. The summed E-state index contributed by atoms with van der Waals surface area (Å²) in [6.45, 7) is 1.88. The number of oxazole rings is 1. The highest BCUT2D eigenvalue weighted by Crippen LogP contribution is 2.36. The minimum atomic E-state index is 0.223. The lowest BCUT2D eigenvalue weighted by Gasteiger charge is -2.41. The second-order valence-electron chi connectivity index (χ2n) is 6.67. The van der Waals surface area contributed by atoms with E-state index in [1.807, 2.05) is 24.3 Å². The first-order valence-electron chi connectivity index (χ1n) is 8.56. The Hall–Kier alpha value is -1.49.